The number of hydrogen-bond donors (Lipinski definition) is 0. The molecule has 0 aromatic carbocycles. The first-order valence-corrected chi connectivity index (χ1v) is 18.9. The zero-order chi connectivity index (χ0) is 21.2. The van der Waals surface area contributed by atoms with Gasteiger partial charge in [-0.25, -0.2) is 0 Å². The van der Waals surface area contributed by atoms with Crippen molar-refractivity contribution in [3.05, 3.63) is 23.5 Å². The maximum absolute atomic E-state index is 6.74. The summed E-state index contributed by atoms with van der Waals surface area (Å²) in [5, 5.41) is 0. The highest BCUT2D eigenvalue weighted by Crippen LogP contribution is 2.65. The smallest absolute Gasteiger partial charge is 0.241 e. The van der Waals surface area contributed by atoms with Gasteiger partial charge in [0, 0.05) is 6.42 Å². The molecule has 0 amide bonds. The van der Waals surface area contributed by atoms with Crippen LogP contribution in [0, 0.1) is 28.6 Å². The van der Waals surface area contributed by atoms with E-state index in [0.29, 0.717) is 16.9 Å². The molecule has 29 heavy (non-hydrogen) atoms. The fourth-order valence-electron chi connectivity index (χ4n) is 7.35. The summed E-state index contributed by atoms with van der Waals surface area (Å²) in [7, 11) is -3.01. The van der Waals surface area contributed by atoms with E-state index in [4.69, 9.17) is 8.85 Å². The molecule has 0 unspecified atom stereocenters. The highest BCUT2D eigenvalue weighted by Gasteiger charge is 2.59. The highest BCUT2D eigenvalue weighted by atomic mass is 28.4. The van der Waals surface area contributed by atoms with E-state index in [-0.39, 0.29) is 0 Å². The van der Waals surface area contributed by atoms with Gasteiger partial charge in [0.05, 0.1) is 11.9 Å². The molecule has 0 aromatic heterocycles. The lowest BCUT2D eigenvalue weighted by Gasteiger charge is -2.57. The standard InChI is InChI=1S/C25H44O2Si2/c1-24-15-13-19(26-28(3,4)5)17-18(24)9-10-20-21-11-12-23(27-29(6,7)8)25(21,2)16-14-22(20)24/h9,17,20-23H,10-16H2,1-8H3/t20-,21-,22-,23-,24+,25-/m1/s1. The zero-order valence-corrected chi connectivity index (χ0v) is 22.2. The third kappa shape index (κ3) is 3.98. The fraction of sp³-hybridized carbons (Fsp3) is 0.840. The highest BCUT2D eigenvalue weighted by molar-refractivity contribution is 6.70. The van der Waals surface area contributed by atoms with Crippen molar-refractivity contribution < 1.29 is 8.85 Å². The molecule has 4 rings (SSSR count). The van der Waals surface area contributed by atoms with Crippen LogP contribution in [0.25, 0.3) is 0 Å². The molecule has 4 aliphatic rings. The van der Waals surface area contributed by atoms with Crippen LogP contribution in [0.3, 0.4) is 0 Å². The molecule has 0 spiro atoms. The molecular weight excluding hydrogens is 388 g/mol. The number of allylic oxidation sites excluding steroid dienone is 4. The molecule has 164 valence electrons. The molecule has 4 aliphatic carbocycles. The minimum absolute atomic E-state index is 0.355. The minimum Gasteiger partial charge on any atom is -0.547 e. The van der Waals surface area contributed by atoms with Crippen molar-refractivity contribution in [3.63, 3.8) is 0 Å². The molecule has 0 bridgehead atoms. The average molecular weight is 433 g/mol. The lowest BCUT2D eigenvalue weighted by atomic mass is 9.48. The quantitative estimate of drug-likeness (QED) is 0.428. The Morgan fingerprint density at radius 1 is 0.897 bits per heavy atom. The van der Waals surface area contributed by atoms with Crippen molar-refractivity contribution in [1.29, 1.82) is 0 Å². The lowest BCUT2D eigenvalue weighted by Crippen LogP contribution is -2.51. The van der Waals surface area contributed by atoms with Crippen molar-refractivity contribution in [3.8, 4) is 0 Å². The van der Waals surface area contributed by atoms with E-state index in [1.54, 1.807) is 5.57 Å². The van der Waals surface area contributed by atoms with E-state index in [2.05, 4.69) is 65.3 Å². The molecule has 0 N–H and O–H groups in total. The minimum atomic E-state index is -1.52. The largest absolute Gasteiger partial charge is 0.547 e. The molecule has 2 saturated carbocycles. The molecule has 0 aromatic rings. The van der Waals surface area contributed by atoms with E-state index in [1.165, 1.54) is 44.3 Å². The lowest BCUT2D eigenvalue weighted by molar-refractivity contribution is -0.0579. The van der Waals surface area contributed by atoms with Gasteiger partial charge >= 0.3 is 0 Å². The Morgan fingerprint density at radius 2 is 1.62 bits per heavy atom. The van der Waals surface area contributed by atoms with E-state index in [0.717, 1.165) is 24.2 Å². The second kappa shape index (κ2) is 7.10. The Bertz CT molecular complexity index is 713. The molecule has 6 atom stereocenters. The summed E-state index contributed by atoms with van der Waals surface area (Å²) in [4.78, 5) is 0. The normalized spacial score (nSPS) is 42.3. The van der Waals surface area contributed by atoms with E-state index in [1.807, 2.05) is 0 Å². The van der Waals surface area contributed by atoms with Crippen molar-refractivity contribution in [1.82, 2.24) is 0 Å². The Kier molecular flexibility index (Phi) is 5.36. The van der Waals surface area contributed by atoms with Crippen LogP contribution in [-0.4, -0.2) is 22.7 Å². The van der Waals surface area contributed by atoms with E-state index < -0.39 is 16.6 Å². The van der Waals surface area contributed by atoms with Crippen molar-refractivity contribution in [2.45, 2.75) is 104 Å². The summed E-state index contributed by atoms with van der Waals surface area (Å²) in [5.74, 6) is 3.80. The second-order valence-corrected chi connectivity index (χ2v) is 21.7. The summed E-state index contributed by atoms with van der Waals surface area (Å²) < 4.78 is 13.1. The number of hydrogen-bond acceptors (Lipinski definition) is 2. The Hall–Kier alpha value is -0.326. The first kappa shape index (κ1) is 21.9. The molecular formula is C25H44O2Si2. The molecule has 0 saturated heterocycles. The maximum Gasteiger partial charge on any atom is 0.241 e. The number of fused-ring (bicyclic) bond motifs is 5. The SMILES string of the molecule is C[C@@]12CC[C@@H]3[C@H](CC=C4C=C(O[Si](C)(C)C)CC[C@@]43C)[C@H]1CC[C@H]2O[Si](C)(C)C. The van der Waals surface area contributed by atoms with Crippen LogP contribution in [0.15, 0.2) is 23.5 Å². The summed E-state index contributed by atoms with van der Waals surface area (Å²) in [6, 6.07) is 0. The summed E-state index contributed by atoms with van der Waals surface area (Å²) >= 11 is 0. The Balaban J connectivity index is 1.58. The summed E-state index contributed by atoms with van der Waals surface area (Å²) in [6.45, 7) is 19.1. The second-order valence-electron chi connectivity index (χ2n) is 12.9. The summed E-state index contributed by atoms with van der Waals surface area (Å²) in [6.07, 6.45) is 14.6. The topological polar surface area (TPSA) is 18.5 Å². The van der Waals surface area contributed by atoms with Crippen molar-refractivity contribution in [2.24, 2.45) is 28.6 Å². The van der Waals surface area contributed by atoms with Gasteiger partial charge in [-0.15, -0.1) is 0 Å². The van der Waals surface area contributed by atoms with Gasteiger partial charge in [-0.05, 0) is 118 Å². The predicted molar refractivity (Wildman–Crippen MR) is 128 cm³/mol. The molecule has 4 heteroatoms. The van der Waals surface area contributed by atoms with Crippen LogP contribution < -0.4 is 0 Å². The van der Waals surface area contributed by atoms with Crippen LogP contribution in [0.4, 0.5) is 0 Å². The van der Waals surface area contributed by atoms with Gasteiger partial charge in [-0.2, -0.15) is 0 Å². The van der Waals surface area contributed by atoms with Crippen LogP contribution in [0.2, 0.25) is 39.3 Å². The number of rotatable bonds is 4. The average Bonchev–Trinajstić information content (AvgIpc) is 2.89. The molecule has 0 heterocycles. The third-order valence-corrected chi connectivity index (χ3v) is 10.4. The van der Waals surface area contributed by atoms with Gasteiger partial charge in [0.1, 0.15) is 0 Å². The van der Waals surface area contributed by atoms with Gasteiger partial charge in [-0.1, -0.05) is 19.9 Å². The van der Waals surface area contributed by atoms with Crippen LogP contribution >= 0.6 is 0 Å². The van der Waals surface area contributed by atoms with Crippen molar-refractivity contribution in [2.75, 3.05) is 0 Å². The van der Waals surface area contributed by atoms with Gasteiger partial charge in [0.25, 0.3) is 0 Å². The van der Waals surface area contributed by atoms with Crippen LogP contribution in [0.1, 0.15) is 58.8 Å². The Morgan fingerprint density at radius 3 is 2.28 bits per heavy atom. The maximum atomic E-state index is 6.74. The van der Waals surface area contributed by atoms with Gasteiger partial charge < -0.3 is 8.85 Å². The first-order chi connectivity index (χ1) is 13.3. The Labute approximate surface area is 181 Å². The van der Waals surface area contributed by atoms with Gasteiger partial charge in [0.2, 0.25) is 8.32 Å². The monoisotopic (exact) mass is 432 g/mol. The first-order valence-electron chi connectivity index (χ1n) is 12.1. The molecule has 2 fully saturated rings. The van der Waals surface area contributed by atoms with E-state index in [9.17, 15) is 0 Å². The van der Waals surface area contributed by atoms with Crippen LogP contribution in [0.5, 0.6) is 0 Å². The third-order valence-electron chi connectivity index (χ3n) is 8.58. The molecule has 0 radical (unpaired) electrons. The fourth-order valence-corrected chi connectivity index (χ4v) is 9.53. The molecule has 2 nitrogen and oxygen atoms in total. The summed E-state index contributed by atoms with van der Waals surface area (Å²) in [5.41, 5.74) is 2.35. The van der Waals surface area contributed by atoms with Crippen LogP contribution in [-0.2, 0) is 8.85 Å². The van der Waals surface area contributed by atoms with Gasteiger partial charge in [0.15, 0.2) is 8.32 Å². The van der Waals surface area contributed by atoms with Crippen molar-refractivity contribution >= 4 is 16.6 Å². The zero-order valence-electron chi connectivity index (χ0n) is 20.2. The van der Waals surface area contributed by atoms with E-state index >= 15 is 0 Å². The van der Waals surface area contributed by atoms with Gasteiger partial charge in [-0.3, -0.25) is 0 Å². The predicted octanol–water partition coefficient (Wildman–Crippen LogP) is 7.51. The molecule has 0 aliphatic heterocycles.